The van der Waals surface area contributed by atoms with E-state index in [4.69, 9.17) is 0 Å². The Morgan fingerprint density at radius 2 is 1.90 bits per heavy atom. The van der Waals surface area contributed by atoms with Crippen molar-refractivity contribution in [3.05, 3.63) is 87.9 Å². The first-order valence-corrected chi connectivity index (χ1v) is 14.5. The molecular weight excluding hydrogens is 532 g/mol. The van der Waals surface area contributed by atoms with Gasteiger partial charge < -0.3 is 34.8 Å². The number of nitrogens with one attached hydrogen (secondary N) is 1. The van der Waals surface area contributed by atoms with Crippen LogP contribution in [0.1, 0.15) is 31.2 Å². The second-order valence-corrected chi connectivity index (χ2v) is 11.4. The average Bonchev–Trinajstić information content (AvgIpc) is 3.29. The number of carbonyl (C=O) groups is 1. The smallest absolute Gasteiger partial charge is 0.274 e. The lowest BCUT2D eigenvalue weighted by atomic mass is 9.96. The van der Waals surface area contributed by atoms with Crippen LogP contribution in [0.2, 0.25) is 0 Å². The Kier molecular flexibility index (Phi) is 6.59. The fraction of sp³-hybridized carbons (Fsp3) is 0.344. The molecule has 7 rings (SSSR count). The summed E-state index contributed by atoms with van der Waals surface area (Å²) < 4.78 is 1.52. The summed E-state index contributed by atoms with van der Waals surface area (Å²) in [6, 6.07) is 11.4. The van der Waals surface area contributed by atoms with Crippen molar-refractivity contribution >= 4 is 28.7 Å². The number of benzene rings is 1. The van der Waals surface area contributed by atoms with Crippen molar-refractivity contribution in [2.24, 2.45) is 7.05 Å². The molecule has 42 heavy (non-hydrogen) atoms. The van der Waals surface area contributed by atoms with Crippen LogP contribution in [-0.2, 0) is 18.4 Å². The molecule has 1 aliphatic carbocycles. The number of rotatable bonds is 6. The Morgan fingerprint density at radius 1 is 1.07 bits per heavy atom. The Morgan fingerprint density at radius 3 is 2.67 bits per heavy atom. The number of nitrogens with zero attached hydrogens (tertiary/aromatic N) is 5. The number of hydrogen-bond donors (Lipinski definition) is 3. The predicted molar refractivity (Wildman–Crippen MR) is 161 cm³/mol. The van der Waals surface area contributed by atoms with Crippen LogP contribution in [0.25, 0.3) is 11.1 Å². The molecule has 0 saturated carbocycles. The van der Waals surface area contributed by atoms with Crippen molar-refractivity contribution in [2.75, 3.05) is 41.3 Å². The zero-order valence-electron chi connectivity index (χ0n) is 23.6. The lowest BCUT2D eigenvalue weighted by Gasteiger charge is -2.37. The number of aromatic nitrogens is 2. The predicted octanol–water partition coefficient (Wildman–Crippen LogP) is 3.24. The largest absolute Gasteiger partial charge is 0.392 e. The summed E-state index contributed by atoms with van der Waals surface area (Å²) in [5, 5.41) is 23.3. The Bertz CT molecular complexity index is 1690. The molecule has 1 saturated heterocycles. The maximum absolute atomic E-state index is 13.2. The van der Waals surface area contributed by atoms with Crippen molar-refractivity contribution in [3.8, 4) is 11.1 Å². The molecule has 0 unspecified atom stereocenters. The zero-order chi connectivity index (χ0) is 29.0. The van der Waals surface area contributed by atoms with Crippen LogP contribution in [0.15, 0.2) is 76.8 Å². The highest BCUT2D eigenvalue weighted by atomic mass is 16.3. The van der Waals surface area contributed by atoms with E-state index in [1.165, 1.54) is 10.3 Å². The number of pyridine rings is 2. The van der Waals surface area contributed by atoms with E-state index in [-0.39, 0.29) is 24.1 Å². The van der Waals surface area contributed by atoms with Crippen LogP contribution in [0.3, 0.4) is 0 Å². The summed E-state index contributed by atoms with van der Waals surface area (Å²) in [6.45, 7) is 2.40. The molecule has 10 nitrogen and oxygen atoms in total. The number of β-amino-alcohol motifs (C(OH)–C–C–N with tert-alkyl or cyclic N) is 1. The van der Waals surface area contributed by atoms with Crippen LogP contribution in [0, 0.1) is 0 Å². The van der Waals surface area contributed by atoms with Gasteiger partial charge in [0.2, 0.25) is 5.78 Å². The van der Waals surface area contributed by atoms with Gasteiger partial charge in [-0.1, -0.05) is 12.1 Å². The topological polar surface area (TPSA) is 114 Å². The lowest BCUT2D eigenvalue weighted by Crippen LogP contribution is -2.50. The summed E-state index contributed by atoms with van der Waals surface area (Å²) in [5.41, 5.74) is 7.14. The highest BCUT2D eigenvalue weighted by Gasteiger charge is 2.38. The minimum Gasteiger partial charge on any atom is -0.392 e. The highest BCUT2D eigenvalue weighted by molar-refractivity contribution is 6.11. The fourth-order valence-electron chi connectivity index (χ4n) is 6.53. The third-order valence-electron chi connectivity index (χ3n) is 8.76. The first-order chi connectivity index (χ1) is 20.4. The Balaban J connectivity index is 1.19. The van der Waals surface area contributed by atoms with Gasteiger partial charge in [-0.15, -0.1) is 0 Å². The number of aryl methyl sites for hydroxylation is 1. The van der Waals surface area contributed by atoms with Crippen LogP contribution >= 0.6 is 0 Å². The minimum atomic E-state index is -0.301. The number of ketones is 1. The van der Waals surface area contributed by atoms with E-state index >= 15 is 0 Å². The standard InChI is InChI=1S/C32H34N6O4/c1-35-15-20(13-26(32(35)42)34-30-10-9-21(14-33-30)37-16-22(40)17-37)23-6-4-8-27(25(23)19-39)36-11-12-38-28-7-3-2-5-24(28)31(41)29(38)18-36/h4,6,8-10,13-15,18,22,39-40H,2-3,5,7,11-12,16-17,19H2,1H3,(H,33,34). The summed E-state index contributed by atoms with van der Waals surface area (Å²) in [7, 11) is 1.70. The quantitative estimate of drug-likeness (QED) is 0.414. The minimum absolute atomic E-state index is 0.133. The Hall–Kier alpha value is -4.41. The average molecular weight is 567 g/mol. The summed E-state index contributed by atoms with van der Waals surface area (Å²) in [4.78, 5) is 37.1. The number of anilines is 4. The SMILES string of the molecule is Cn1cc(-c2cccc(N3C=C4C(=O)C5=C(CCCC5)N4CC3)c2CO)cc(Nc2ccc(N3CC(O)C3)cn2)c1=O. The van der Waals surface area contributed by atoms with Gasteiger partial charge in [0.1, 0.15) is 17.2 Å². The molecule has 0 atom stereocenters. The van der Waals surface area contributed by atoms with E-state index in [0.29, 0.717) is 31.1 Å². The van der Waals surface area contributed by atoms with Gasteiger partial charge in [-0.2, -0.15) is 0 Å². The van der Waals surface area contributed by atoms with E-state index < -0.39 is 0 Å². The van der Waals surface area contributed by atoms with Crippen molar-refractivity contribution in [2.45, 2.75) is 38.4 Å². The maximum atomic E-state index is 13.2. The van der Waals surface area contributed by atoms with E-state index in [9.17, 15) is 19.8 Å². The van der Waals surface area contributed by atoms with Crippen molar-refractivity contribution in [1.29, 1.82) is 0 Å². The van der Waals surface area contributed by atoms with Gasteiger partial charge in [-0.25, -0.2) is 4.98 Å². The molecule has 5 heterocycles. The molecule has 10 heteroatoms. The van der Waals surface area contributed by atoms with Crippen molar-refractivity contribution in [3.63, 3.8) is 0 Å². The van der Waals surface area contributed by atoms with Gasteiger partial charge >= 0.3 is 0 Å². The number of hydrogen-bond acceptors (Lipinski definition) is 9. The van der Waals surface area contributed by atoms with Gasteiger partial charge in [-0.3, -0.25) is 9.59 Å². The second-order valence-electron chi connectivity index (χ2n) is 11.4. The molecule has 1 fully saturated rings. The van der Waals surface area contributed by atoms with Gasteiger partial charge in [0.15, 0.2) is 0 Å². The molecule has 0 radical (unpaired) electrons. The molecule has 216 valence electrons. The molecule has 0 amide bonds. The molecule has 3 aromatic rings. The number of fused-ring (bicyclic) bond motifs is 2. The Labute approximate surface area is 243 Å². The third-order valence-corrected chi connectivity index (χ3v) is 8.76. The molecule has 0 bridgehead atoms. The molecule has 3 N–H and O–H groups in total. The van der Waals surface area contributed by atoms with Gasteiger partial charge in [0, 0.05) is 73.7 Å². The third kappa shape index (κ3) is 4.47. The summed E-state index contributed by atoms with van der Waals surface area (Å²) in [5.74, 6) is 0.668. The molecule has 2 aromatic heterocycles. The normalized spacial score (nSPS) is 18.6. The van der Waals surface area contributed by atoms with E-state index in [1.54, 1.807) is 25.5 Å². The van der Waals surface area contributed by atoms with E-state index in [0.717, 1.165) is 71.6 Å². The van der Waals surface area contributed by atoms with E-state index in [2.05, 4.69) is 20.1 Å². The van der Waals surface area contributed by atoms with Gasteiger partial charge in [0.25, 0.3) is 5.56 Å². The van der Waals surface area contributed by atoms with Crippen LogP contribution in [-0.4, -0.2) is 62.7 Å². The first-order valence-electron chi connectivity index (χ1n) is 14.5. The number of aliphatic hydroxyl groups excluding tert-OH is 2. The van der Waals surface area contributed by atoms with Crippen LogP contribution in [0.4, 0.5) is 22.9 Å². The first kappa shape index (κ1) is 26.5. The number of carbonyl (C=O) groups excluding carboxylic acids is 1. The molecule has 3 aliphatic heterocycles. The number of Topliss-reactive ketones (excluding diaryl/α,β-unsaturated/α-hetero) is 1. The zero-order valence-corrected chi connectivity index (χ0v) is 23.6. The summed E-state index contributed by atoms with van der Waals surface area (Å²) >= 11 is 0. The van der Waals surface area contributed by atoms with E-state index in [1.807, 2.05) is 41.4 Å². The maximum Gasteiger partial charge on any atom is 0.274 e. The second kappa shape index (κ2) is 10.5. The van der Waals surface area contributed by atoms with Crippen molar-refractivity contribution < 1.29 is 15.0 Å². The molecule has 0 spiro atoms. The monoisotopic (exact) mass is 566 g/mol. The lowest BCUT2D eigenvalue weighted by molar-refractivity contribution is -0.112. The number of aliphatic hydroxyl groups is 2. The summed E-state index contributed by atoms with van der Waals surface area (Å²) in [6.07, 6.45) is 9.13. The fourth-order valence-corrected chi connectivity index (χ4v) is 6.53. The van der Waals surface area contributed by atoms with Gasteiger partial charge in [0.05, 0.1) is 24.6 Å². The highest BCUT2D eigenvalue weighted by Crippen LogP contribution is 2.41. The van der Waals surface area contributed by atoms with Crippen LogP contribution in [0.5, 0.6) is 0 Å². The molecular formula is C32H34N6O4. The molecule has 4 aliphatic rings. The molecule has 1 aromatic carbocycles. The number of allylic oxidation sites excluding steroid dienone is 2. The van der Waals surface area contributed by atoms with Gasteiger partial charge in [-0.05, 0) is 55.5 Å². The van der Waals surface area contributed by atoms with Crippen LogP contribution < -0.4 is 20.7 Å². The van der Waals surface area contributed by atoms with Crippen molar-refractivity contribution in [1.82, 2.24) is 14.5 Å².